The van der Waals surface area contributed by atoms with Crippen LogP contribution < -0.4 is 5.32 Å². The molecule has 1 unspecified atom stereocenters. The molecule has 0 saturated heterocycles. The first-order valence-electron chi connectivity index (χ1n) is 7.14. The van der Waals surface area contributed by atoms with Gasteiger partial charge in [-0.15, -0.1) is 0 Å². The smallest absolute Gasteiger partial charge is 0.251 e. The minimum atomic E-state index is -0.226. The lowest BCUT2D eigenvalue weighted by Gasteiger charge is -2.18. The molecule has 5 nitrogen and oxygen atoms in total. The Balaban J connectivity index is 2.26. The molecule has 118 valence electrons. The Kier molecular flexibility index (Phi) is 4.76. The van der Waals surface area contributed by atoms with Gasteiger partial charge in [0.2, 0.25) is 0 Å². The van der Waals surface area contributed by atoms with Crippen LogP contribution in [0.5, 0.6) is 5.75 Å². The summed E-state index contributed by atoms with van der Waals surface area (Å²) in [5.41, 5.74) is 3.41. The van der Waals surface area contributed by atoms with E-state index in [4.69, 9.17) is 11.6 Å². The summed E-state index contributed by atoms with van der Waals surface area (Å²) >= 11 is 5.86. The number of phenols is 1. The Bertz CT molecular complexity index is 710. The molecule has 0 aliphatic rings. The van der Waals surface area contributed by atoms with Crippen molar-refractivity contribution in [2.75, 3.05) is 0 Å². The maximum atomic E-state index is 12.4. The Labute approximate surface area is 134 Å². The first kappa shape index (κ1) is 16.4. The van der Waals surface area contributed by atoms with E-state index in [1.807, 2.05) is 32.5 Å². The van der Waals surface area contributed by atoms with Crippen LogP contribution in [0.3, 0.4) is 0 Å². The fourth-order valence-corrected chi connectivity index (χ4v) is 2.74. The third kappa shape index (κ3) is 3.09. The molecule has 1 heterocycles. The van der Waals surface area contributed by atoms with E-state index in [0.29, 0.717) is 5.56 Å². The van der Waals surface area contributed by atoms with Crippen LogP contribution in [0.2, 0.25) is 5.02 Å². The molecule has 0 aliphatic carbocycles. The summed E-state index contributed by atoms with van der Waals surface area (Å²) in [5.74, 6) is -0.263. The average molecular weight is 322 g/mol. The van der Waals surface area contributed by atoms with Gasteiger partial charge in [-0.3, -0.25) is 9.48 Å². The molecule has 0 bridgehead atoms. The number of aromatic nitrogens is 2. The van der Waals surface area contributed by atoms with Gasteiger partial charge in [-0.25, -0.2) is 0 Å². The molecule has 1 aromatic carbocycles. The van der Waals surface area contributed by atoms with Gasteiger partial charge in [-0.05, 0) is 38.5 Å². The van der Waals surface area contributed by atoms with Gasteiger partial charge in [0.15, 0.2) is 0 Å². The second-order valence-electron chi connectivity index (χ2n) is 5.31. The summed E-state index contributed by atoms with van der Waals surface area (Å²) in [7, 11) is 1.89. The highest BCUT2D eigenvalue weighted by atomic mass is 35.5. The molecule has 22 heavy (non-hydrogen) atoms. The zero-order valence-electron chi connectivity index (χ0n) is 13.1. The van der Waals surface area contributed by atoms with Crippen LogP contribution in [0, 0.1) is 13.8 Å². The maximum Gasteiger partial charge on any atom is 0.251 e. The molecule has 6 heteroatoms. The van der Waals surface area contributed by atoms with E-state index in [0.717, 1.165) is 23.4 Å². The van der Waals surface area contributed by atoms with Crippen LogP contribution in [0.25, 0.3) is 0 Å². The number of carbonyl (C=O) groups is 1. The molecule has 0 aliphatic heterocycles. The van der Waals surface area contributed by atoms with Gasteiger partial charge in [-0.1, -0.05) is 18.5 Å². The fourth-order valence-electron chi connectivity index (χ4n) is 2.56. The Morgan fingerprint density at radius 3 is 2.64 bits per heavy atom. The average Bonchev–Trinajstić information content (AvgIpc) is 2.72. The van der Waals surface area contributed by atoms with E-state index >= 15 is 0 Å². The summed E-state index contributed by atoms with van der Waals surface area (Å²) in [5, 5.41) is 17.0. The van der Waals surface area contributed by atoms with Crippen LogP contribution in [-0.2, 0) is 7.05 Å². The highest BCUT2D eigenvalue weighted by Crippen LogP contribution is 2.26. The highest BCUT2D eigenvalue weighted by molar-refractivity contribution is 6.32. The summed E-state index contributed by atoms with van der Waals surface area (Å²) in [6.07, 6.45) is 0.755. The minimum absolute atomic E-state index is 0.0378. The number of carbonyl (C=O) groups excluding carboxylic acids is 1. The molecule has 1 amide bonds. The first-order chi connectivity index (χ1) is 10.3. The second-order valence-corrected chi connectivity index (χ2v) is 5.72. The van der Waals surface area contributed by atoms with E-state index in [9.17, 15) is 9.90 Å². The number of hydrogen-bond donors (Lipinski definition) is 2. The van der Waals surface area contributed by atoms with Gasteiger partial charge in [0.1, 0.15) is 5.75 Å². The van der Waals surface area contributed by atoms with Crippen LogP contribution in [-0.4, -0.2) is 20.8 Å². The lowest BCUT2D eigenvalue weighted by molar-refractivity contribution is 0.0935. The van der Waals surface area contributed by atoms with Crippen LogP contribution in [0.15, 0.2) is 18.2 Å². The van der Waals surface area contributed by atoms with Crippen molar-refractivity contribution in [3.63, 3.8) is 0 Å². The van der Waals surface area contributed by atoms with Crippen LogP contribution in [0.1, 0.15) is 46.7 Å². The lowest BCUT2D eigenvalue weighted by Crippen LogP contribution is -2.28. The summed E-state index contributed by atoms with van der Waals surface area (Å²) in [4.78, 5) is 12.4. The van der Waals surface area contributed by atoms with Crippen molar-refractivity contribution in [2.45, 2.75) is 33.2 Å². The summed E-state index contributed by atoms with van der Waals surface area (Å²) in [6.45, 7) is 5.94. The third-order valence-corrected chi connectivity index (χ3v) is 4.14. The summed E-state index contributed by atoms with van der Waals surface area (Å²) < 4.78 is 1.82. The van der Waals surface area contributed by atoms with Gasteiger partial charge >= 0.3 is 0 Å². The standard InChI is InChI=1S/C16H20ClN3O2/c1-5-13(15-9(2)19-20(4)10(15)3)18-16(22)11-6-7-14(21)12(17)8-11/h6-8,13,21H,5H2,1-4H3,(H,18,22). The minimum Gasteiger partial charge on any atom is -0.506 e. The topological polar surface area (TPSA) is 67.2 Å². The number of aryl methyl sites for hydroxylation is 2. The van der Waals surface area contributed by atoms with Crippen LogP contribution in [0.4, 0.5) is 0 Å². The number of nitrogens with zero attached hydrogens (tertiary/aromatic N) is 2. The molecule has 0 fully saturated rings. The number of rotatable bonds is 4. The molecule has 1 atom stereocenters. The number of nitrogens with one attached hydrogen (secondary N) is 1. The molecule has 0 radical (unpaired) electrons. The lowest BCUT2D eigenvalue weighted by atomic mass is 10.0. The van der Waals surface area contributed by atoms with E-state index in [1.54, 1.807) is 6.07 Å². The normalized spacial score (nSPS) is 12.2. The molecule has 0 saturated carbocycles. The number of amides is 1. The summed E-state index contributed by atoms with van der Waals surface area (Å²) in [6, 6.07) is 4.31. The quantitative estimate of drug-likeness (QED) is 0.908. The van der Waals surface area contributed by atoms with Crippen molar-refractivity contribution in [1.82, 2.24) is 15.1 Å². The van der Waals surface area contributed by atoms with E-state index in [-0.39, 0.29) is 22.7 Å². The van der Waals surface area contributed by atoms with Gasteiger partial charge in [-0.2, -0.15) is 5.10 Å². The van der Waals surface area contributed by atoms with Crippen molar-refractivity contribution >= 4 is 17.5 Å². The van der Waals surface area contributed by atoms with E-state index in [2.05, 4.69) is 10.4 Å². The Hall–Kier alpha value is -2.01. The zero-order valence-corrected chi connectivity index (χ0v) is 13.9. The SMILES string of the molecule is CCC(NC(=O)c1ccc(O)c(Cl)c1)c1c(C)nn(C)c1C. The Morgan fingerprint density at radius 2 is 2.14 bits per heavy atom. The van der Waals surface area contributed by atoms with Gasteiger partial charge in [0.05, 0.1) is 16.8 Å². The number of benzene rings is 1. The number of halogens is 1. The van der Waals surface area contributed by atoms with Gasteiger partial charge in [0, 0.05) is 23.9 Å². The molecule has 2 N–H and O–H groups in total. The fraction of sp³-hybridized carbons (Fsp3) is 0.375. The molecular weight excluding hydrogens is 302 g/mol. The van der Waals surface area contributed by atoms with Crippen LogP contribution >= 0.6 is 11.6 Å². The second kappa shape index (κ2) is 6.40. The van der Waals surface area contributed by atoms with E-state index in [1.165, 1.54) is 12.1 Å². The highest BCUT2D eigenvalue weighted by Gasteiger charge is 2.21. The Morgan fingerprint density at radius 1 is 1.45 bits per heavy atom. The van der Waals surface area contributed by atoms with Gasteiger partial charge < -0.3 is 10.4 Å². The molecular formula is C16H20ClN3O2. The van der Waals surface area contributed by atoms with Crippen molar-refractivity contribution in [2.24, 2.45) is 7.05 Å². The van der Waals surface area contributed by atoms with Crippen molar-refractivity contribution in [3.05, 3.63) is 45.7 Å². The monoisotopic (exact) mass is 321 g/mol. The van der Waals surface area contributed by atoms with Crippen molar-refractivity contribution in [3.8, 4) is 5.75 Å². The zero-order chi connectivity index (χ0) is 16.4. The third-order valence-electron chi connectivity index (χ3n) is 3.84. The predicted molar refractivity (Wildman–Crippen MR) is 86.3 cm³/mol. The van der Waals surface area contributed by atoms with Gasteiger partial charge in [0.25, 0.3) is 5.91 Å². The molecule has 0 spiro atoms. The van der Waals surface area contributed by atoms with Crippen molar-refractivity contribution in [1.29, 1.82) is 0 Å². The number of hydrogen-bond acceptors (Lipinski definition) is 3. The first-order valence-corrected chi connectivity index (χ1v) is 7.52. The van der Waals surface area contributed by atoms with E-state index < -0.39 is 0 Å². The number of aromatic hydroxyl groups is 1. The number of phenolic OH excluding ortho intramolecular Hbond substituents is 1. The maximum absolute atomic E-state index is 12.4. The predicted octanol–water partition coefficient (Wildman–Crippen LogP) is 3.28. The largest absolute Gasteiger partial charge is 0.506 e. The van der Waals surface area contributed by atoms with Crippen molar-refractivity contribution < 1.29 is 9.90 Å². The molecule has 1 aromatic heterocycles. The molecule has 2 rings (SSSR count). The molecule has 2 aromatic rings.